The normalized spacial score (nSPS) is 42.7. The summed E-state index contributed by atoms with van der Waals surface area (Å²) in [4.78, 5) is 0. The second-order valence-electron chi connectivity index (χ2n) is 7.62. The number of fused-ring (bicyclic) bond motifs is 3. The quantitative estimate of drug-likeness (QED) is 0.758. The van der Waals surface area contributed by atoms with Gasteiger partial charge in [0.05, 0.1) is 6.10 Å². The van der Waals surface area contributed by atoms with Crippen molar-refractivity contribution >= 4 is 0 Å². The molecule has 2 N–H and O–H groups in total. The monoisotopic (exact) mass is 272 g/mol. The average molecular weight is 272 g/mol. The van der Waals surface area contributed by atoms with Crippen molar-refractivity contribution in [2.24, 2.45) is 11.3 Å². The number of aryl methyl sites for hydroxylation is 1. The van der Waals surface area contributed by atoms with Crippen molar-refractivity contribution in [3.05, 3.63) is 29.3 Å². The predicted octanol–water partition coefficient (Wildman–Crippen LogP) is 3.54. The molecule has 0 unspecified atom stereocenters. The zero-order valence-electron chi connectivity index (χ0n) is 12.2. The fourth-order valence-electron chi connectivity index (χ4n) is 5.36. The van der Waals surface area contributed by atoms with Crippen LogP contribution in [0.3, 0.4) is 0 Å². The van der Waals surface area contributed by atoms with Crippen LogP contribution in [0.25, 0.3) is 0 Å². The minimum absolute atomic E-state index is 0.0921. The summed E-state index contributed by atoms with van der Waals surface area (Å²) in [5.74, 6) is 1.07. The Bertz CT molecular complexity index is 552. The summed E-state index contributed by atoms with van der Waals surface area (Å²) in [6.07, 6.45) is 8.01. The lowest BCUT2D eigenvalue weighted by atomic mass is 9.57. The maximum atomic E-state index is 10.3. The van der Waals surface area contributed by atoms with Gasteiger partial charge in [-0.2, -0.15) is 0 Å². The third-order valence-electron chi connectivity index (χ3n) is 6.79. The molecular weight excluding hydrogens is 248 g/mol. The molecule has 0 aliphatic heterocycles. The molecule has 1 aromatic carbocycles. The maximum Gasteiger partial charge on any atom is 0.115 e. The molecular formula is C18H24O2. The van der Waals surface area contributed by atoms with Crippen molar-refractivity contribution in [2.75, 3.05) is 0 Å². The first-order valence-electron chi connectivity index (χ1n) is 8.04. The molecule has 2 heteroatoms. The zero-order chi connectivity index (χ0) is 14.0. The molecule has 0 bridgehead atoms. The van der Waals surface area contributed by atoms with Crippen LogP contribution in [0, 0.1) is 11.3 Å². The average Bonchev–Trinajstić information content (AvgIpc) is 2.91. The number of hydrogen-bond acceptors (Lipinski definition) is 2. The molecule has 0 radical (unpaired) electrons. The van der Waals surface area contributed by atoms with E-state index in [4.69, 9.17) is 0 Å². The van der Waals surface area contributed by atoms with E-state index >= 15 is 0 Å². The lowest BCUT2D eigenvalue weighted by Gasteiger charge is -2.47. The Morgan fingerprint density at radius 3 is 2.85 bits per heavy atom. The number of rotatable bonds is 0. The summed E-state index contributed by atoms with van der Waals surface area (Å²) >= 11 is 0. The molecule has 4 rings (SSSR count). The highest BCUT2D eigenvalue weighted by molar-refractivity contribution is 5.44. The van der Waals surface area contributed by atoms with Crippen molar-refractivity contribution in [3.8, 4) is 5.75 Å². The fraction of sp³-hybridized carbons (Fsp3) is 0.667. The van der Waals surface area contributed by atoms with Crippen LogP contribution in [0.15, 0.2) is 18.2 Å². The van der Waals surface area contributed by atoms with Gasteiger partial charge in [-0.15, -0.1) is 0 Å². The minimum atomic E-state index is -0.0921. The second kappa shape index (κ2) is 4.00. The number of benzene rings is 1. The molecule has 0 amide bonds. The molecule has 1 aromatic rings. The van der Waals surface area contributed by atoms with Crippen LogP contribution in [0.4, 0.5) is 0 Å². The third-order valence-corrected chi connectivity index (χ3v) is 6.79. The Labute approximate surface area is 120 Å². The SMILES string of the molecule is C[C@]12CC[C@]3(CCc4cc(O)ccc43)C[C@@H]1CC[C@@H]2O. The predicted molar refractivity (Wildman–Crippen MR) is 78.8 cm³/mol. The Morgan fingerprint density at radius 1 is 1.15 bits per heavy atom. The Balaban J connectivity index is 1.69. The molecule has 3 aliphatic carbocycles. The van der Waals surface area contributed by atoms with Crippen LogP contribution in [-0.2, 0) is 11.8 Å². The number of phenolic OH excluding ortho intramolecular Hbond substituents is 1. The van der Waals surface area contributed by atoms with Gasteiger partial charge < -0.3 is 10.2 Å². The van der Waals surface area contributed by atoms with Crippen LogP contribution in [-0.4, -0.2) is 16.3 Å². The summed E-state index contributed by atoms with van der Waals surface area (Å²) in [5, 5.41) is 20.0. The number of aliphatic hydroxyl groups excluding tert-OH is 1. The van der Waals surface area contributed by atoms with Crippen molar-refractivity contribution in [2.45, 2.75) is 63.4 Å². The van der Waals surface area contributed by atoms with E-state index in [-0.39, 0.29) is 11.5 Å². The second-order valence-corrected chi connectivity index (χ2v) is 7.62. The Morgan fingerprint density at radius 2 is 2.00 bits per heavy atom. The molecule has 2 nitrogen and oxygen atoms in total. The van der Waals surface area contributed by atoms with Crippen molar-refractivity contribution in [1.29, 1.82) is 0 Å². The molecule has 0 saturated heterocycles. The largest absolute Gasteiger partial charge is 0.508 e. The van der Waals surface area contributed by atoms with Crippen LogP contribution in [0.1, 0.15) is 56.6 Å². The van der Waals surface area contributed by atoms with Crippen molar-refractivity contribution in [1.82, 2.24) is 0 Å². The smallest absolute Gasteiger partial charge is 0.115 e. The molecule has 20 heavy (non-hydrogen) atoms. The summed E-state index contributed by atoms with van der Waals surface area (Å²) in [7, 11) is 0. The van der Waals surface area contributed by atoms with E-state index < -0.39 is 0 Å². The van der Waals surface area contributed by atoms with Gasteiger partial charge in [0.25, 0.3) is 0 Å². The van der Waals surface area contributed by atoms with Gasteiger partial charge in [-0.25, -0.2) is 0 Å². The fourth-order valence-corrected chi connectivity index (χ4v) is 5.36. The summed E-state index contributed by atoms with van der Waals surface area (Å²) in [6.45, 7) is 2.30. The molecule has 0 heterocycles. The highest BCUT2D eigenvalue weighted by Gasteiger charge is 2.54. The standard InChI is InChI=1S/C18H24O2/c1-17-8-9-18(11-13(17)2-5-16(17)20)7-6-12-10-14(19)3-4-15(12)18/h3-4,10,13,16,19-20H,2,5-9,11H2,1H3/t13-,16-,17-,18+/m0/s1. The minimum Gasteiger partial charge on any atom is -0.508 e. The first-order chi connectivity index (χ1) is 9.53. The van der Waals surface area contributed by atoms with Gasteiger partial charge in [-0.3, -0.25) is 0 Å². The van der Waals surface area contributed by atoms with Crippen molar-refractivity contribution in [3.63, 3.8) is 0 Å². The maximum absolute atomic E-state index is 10.3. The lowest BCUT2D eigenvalue weighted by Crippen LogP contribution is -2.43. The van der Waals surface area contributed by atoms with Crippen LogP contribution in [0.5, 0.6) is 5.75 Å². The van der Waals surface area contributed by atoms with E-state index in [0.717, 1.165) is 19.3 Å². The van der Waals surface area contributed by atoms with Gasteiger partial charge in [0.1, 0.15) is 5.75 Å². The zero-order valence-corrected chi connectivity index (χ0v) is 12.2. The molecule has 108 valence electrons. The molecule has 1 spiro atoms. The van der Waals surface area contributed by atoms with E-state index in [9.17, 15) is 10.2 Å². The van der Waals surface area contributed by atoms with Gasteiger partial charge in [0.2, 0.25) is 0 Å². The van der Waals surface area contributed by atoms with Crippen LogP contribution >= 0.6 is 0 Å². The van der Waals surface area contributed by atoms with Crippen LogP contribution in [0.2, 0.25) is 0 Å². The van der Waals surface area contributed by atoms with Gasteiger partial charge >= 0.3 is 0 Å². The highest BCUT2D eigenvalue weighted by Crippen LogP contribution is 2.60. The van der Waals surface area contributed by atoms with E-state index in [1.807, 2.05) is 12.1 Å². The topological polar surface area (TPSA) is 40.5 Å². The van der Waals surface area contributed by atoms with Crippen LogP contribution < -0.4 is 0 Å². The number of phenols is 1. The van der Waals surface area contributed by atoms with Crippen molar-refractivity contribution < 1.29 is 10.2 Å². The van der Waals surface area contributed by atoms with Gasteiger partial charge in [0, 0.05) is 0 Å². The lowest BCUT2D eigenvalue weighted by molar-refractivity contribution is -0.00808. The van der Waals surface area contributed by atoms with E-state index in [1.54, 1.807) is 0 Å². The number of hydrogen-bond donors (Lipinski definition) is 2. The van der Waals surface area contributed by atoms with E-state index in [0.29, 0.717) is 17.1 Å². The molecule has 2 fully saturated rings. The van der Waals surface area contributed by atoms with Gasteiger partial charge in [-0.05, 0) is 85.0 Å². The summed E-state index contributed by atoms with van der Waals surface area (Å²) < 4.78 is 0. The first-order valence-corrected chi connectivity index (χ1v) is 8.04. The molecule has 2 saturated carbocycles. The van der Waals surface area contributed by atoms with E-state index in [2.05, 4.69) is 13.0 Å². The highest BCUT2D eigenvalue weighted by atomic mass is 16.3. The Kier molecular flexibility index (Phi) is 2.54. The molecule has 0 aromatic heterocycles. The van der Waals surface area contributed by atoms with Gasteiger partial charge in [0.15, 0.2) is 0 Å². The molecule has 3 aliphatic rings. The van der Waals surface area contributed by atoms with Gasteiger partial charge in [-0.1, -0.05) is 13.0 Å². The molecule has 4 atom stereocenters. The Hall–Kier alpha value is -1.02. The van der Waals surface area contributed by atoms with E-state index in [1.165, 1.54) is 36.8 Å². The summed E-state index contributed by atoms with van der Waals surface area (Å²) in [6, 6.07) is 5.97. The summed E-state index contributed by atoms with van der Waals surface area (Å²) in [5.41, 5.74) is 3.33. The number of aromatic hydroxyl groups is 1. The third kappa shape index (κ3) is 1.54. The first kappa shape index (κ1) is 12.7. The number of aliphatic hydroxyl groups is 1.